The summed E-state index contributed by atoms with van der Waals surface area (Å²) in [4.78, 5) is 17.8. The van der Waals surface area contributed by atoms with Gasteiger partial charge in [0.05, 0.1) is 17.8 Å². The first-order valence-electron chi connectivity index (χ1n) is 6.42. The first-order chi connectivity index (χ1) is 8.79. The normalized spacial score (nSPS) is 21.3. The molecule has 3 rings (SSSR count). The van der Waals surface area contributed by atoms with E-state index in [1.165, 1.54) is 12.8 Å². The molecule has 1 atom stereocenters. The molecule has 1 fully saturated rings. The van der Waals surface area contributed by atoms with E-state index in [-0.39, 0.29) is 0 Å². The highest BCUT2D eigenvalue weighted by Crippen LogP contribution is 2.29. The molecule has 18 heavy (non-hydrogen) atoms. The second kappa shape index (κ2) is 4.53. The molecule has 4 nitrogen and oxygen atoms in total. The highest BCUT2D eigenvalue weighted by atomic mass is 16.1. The predicted octanol–water partition coefficient (Wildman–Crippen LogP) is 2.30. The number of likely N-dealkylation sites (tertiary alicyclic amines) is 1. The zero-order valence-corrected chi connectivity index (χ0v) is 10.5. The van der Waals surface area contributed by atoms with E-state index in [9.17, 15) is 4.79 Å². The molecule has 94 valence electrons. The first-order valence-corrected chi connectivity index (χ1v) is 6.42. The number of rotatable bonds is 2. The van der Waals surface area contributed by atoms with Crippen molar-refractivity contribution in [1.82, 2.24) is 14.3 Å². The van der Waals surface area contributed by atoms with Crippen molar-refractivity contribution >= 4 is 11.8 Å². The molecule has 1 aliphatic heterocycles. The van der Waals surface area contributed by atoms with E-state index in [1.807, 2.05) is 24.5 Å². The van der Waals surface area contributed by atoms with Gasteiger partial charge in [0, 0.05) is 11.8 Å². The second-order valence-electron chi connectivity index (χ2n) is 4.98. The number of hydrogen-bond acceptors (Lipinski definition) is 3. The fourth-order valence-corrected chi connectivity index (χ4v) is 2.74. The van der Waals surface area contributed by atoms with Crippen LogP contribution in [0, 0.1) is 0 Å². The number of fused-ring (bicyclic) bond motifs is 1. The summed E-state index contributed by atoms with van der Waals surface area (Å²) in [6.45, 7) is 1.12. The van der Waals surface area contributed by atoms with Gasteiger partial charge in [-0.05, 0) is 38.6 Å². The van der Waals surface area contributed by atoms with Gasteiger partial charge in [-0.15, -0.1) is 0 Å². The van der Waals surface area contributed by atoms with Crippen LogP contribution in [0.3, 0.4) is 0 Å². The van der Waals surface area contributed by atoms with Gasteiger partial charge < -0.3 is 4.40 Å². The lowest BCUT2D eigenvalue weighted by Gasteiger charge is -2.31. The molecular weight excluding hydrogens is 226 g/mol. The standard InChI is InChI=1S/C14H17N3O/c1-16-7-3-2-4-13(16)14-15-8-12-6-5-11(10-18)9-17(12)14/h5-6,8-10,13H,2-4,7H2,1H3. The number of aromatic nitrogens is 2. The predicted molar refractivity (Wildman–Crippen MR) is 69.8 cm³/mol. The summed E-state index contributed by atoms with van der Waals surface area (Å²) >= 11 is 0. The Morgan fingerprint density at radius 2 is 2.28 bits per heavy atom. The monoisotopic (exact) mass is 243 g/mol. The van der Waals surface area contributed by atoms with Gasteiger partial charge in [0.2, 0.25) is 0 Å². The third kappa shape index (κ3) is 1.82. The highest BCUT2D eigenvalue weighted by molar-refractivity contribution is 5.75. The first kappa shape index (κ1) is 11.4. The number of hydrogen-bond donors (Lipinski definition) is 0. The lowest BCUT2D eigenvalue weighted by atomic mass is 10.0. The lowest BCUT2D eigenvalue weighted by molar-refractivity contribution is 0.112. The molecule has 0 N–H and O–H groups in total. The molecule has 4 heteroatoms. The van der Waals surface area contributed by atoms with E-state index in [4.69, 9.17) is 0 Å². The molecule has 0 spiro atoms. The summed E-state index contributed by atoms with van der Waals surface area (Å²) in [6, 6.07) is 4.14. The summed E-state index contributed by atoms with van der Waals surface area (Å²) in [5, 5.41) is 0. The molecule has 3 heterocycles. The average Bonchev–Trinajstić information content (AvgIpc) is 2.82. The van der Waals surface area contributed by atoms with Crippen molar-refractivity contribution in [1.29, 1.82) is 0 Å². The smallest absolute Gasteiger partial charge is 0.151 e. The summed E-state index contributed by atoms with van der Waals surface area (Å²) in [7, 11) is 2.15. The molecule has 0 bridgehead atoms. The topological polar surface area (TPSA) is 37.6 Å². The van der Waals surface area contributed by atoms with E-state index in [0.717, 1.165) is 30.6 Å². The van der Waals surface area contributed by atoms with Crippen molar-refractivity contribution in [2.45, 2.75) is 25.3 Å². The van der Waals surface area contributed by atoms with Crippen LogP contribution in [0.4, 0.5) is 0 Å². The van der Waals surface area contributed by atoms with E-state index in [2.05, 4.69) is 21.3 Å². The van der Waals surface area contributed by atoms with Crippen LogP contribution in [0.2, 0.25) is 0 Å². The maximum Gasteiger partial charge on any atom is 0.151 e. The van der Waals surface area contributed by atoms with E-state index in [0.29, 0.717) is 11.6 Å². The van der Waals surface area contributed by atoms with Gasteiger partial charge in [-0.1, -0.05) is 6.42 Å². The van der Waals surface area contributed by atoms with Crippen LogP contribution in [0.1, 0.15) is 41.5 Å². The minimum atomic E-state index is 0.364. The van der Waals surface area contributed by atoms with Crippen molar-refractivity contribution < 1.29 is 4.79 Å². The van der Waals surface area contributed by atoms with E-state index >= 15 is 0 Å². The molecule has 0 aromatic carbocycles. The Morgan fingerprint density at radius 1 is 1.39 bits per heavy atom. The third-order valence-corrected chi connectivity index (χ3v) is 3.78. The van der Waals surface area contributed by atoms with Gasteiger partial charge in [0.15, 0.2) is 6.29 Å². The van der Waals surface area contributed by atoms with Gasteiger partial charge in [0.25, 0.3) is 0 Å². The summed E-state index contributed by atoms with van der Waals surface area (Å²) in [5.41, 5.74) is 1.75. The zero-order valence-electron chi connectivity index (χ0n) is 10.5. The maximum absolute atomic E-state index is 10.9. The Kier molecular flexibility index (Phi) is 2.88. The van der Waals surface area contributed by atoms with Crippen molar-refractivity contribution in [2.75, 3.05) is 13.6 Å². The molecular formula is C14H17N3O. The van der Waals surface area contributed by atoms with Crippen LogP contribution in [0.15, 0.2) is 24.5 Å². The van der Waals surface area contributed by atoms with Crippen LogP contribution >= 0.6 is 0 Å². The van der Waals surface area contributed by atoms with Crippen LogP contribution in [-0.4, -0.2) is 34.2 Å². The fourth-order valence-electron chi connectivity index (χ4n) is 2.74. The van der Waals surface area contributed by atoms with Crippen molar-refractivity contribution in [3.05, 3.63) is 35.9 Å². The summed E-state index contributed by atoms with van der Waals surface area (Å²) in [5.74, 6) is 1.05. The molecule has 0 radical (unpaired) electrons. The molecule has 1 aliphatic rings. The SMILES string of the molecule is CN1CCCCC1c1ncc2ccc(C=O)cn12. The van der Waals surface area contributed by atoms with Crippen LogP contribution < -0.4 is 0 Å². The molecule has 1 saturated heterocycles. The Bertz CT molecular complexity index is 575. The van der Waals surface area contributed by atoms with Gasteiger partial charge >= 0.3 is 0 Å². The molecule has 2 aromatic rings. The average molecular weight is 243 g/mol. The largest absolute Gasteiger partial charge is 0.302 e. The van der Waals surface area contributed by atoms with Gasteiger partial charge in [-0.2, -0.15) is 0 Å². The number of imidazole rings is 1. The number of carbonyl (C=O) groups excluding carboxylic acids is 1. The molecule has 0 amide bonds. The summed E-state index contributed by atoms with van der Waals surface area (Å²) in [6.07, 6.45) is 8.29. The second-order valence-corrected chi connectivity index (χ2v) is 4.98. The van der Waals surface area contributed by atoms with Crippen molar-refractivity contribution in [2.24, 2.45) is 0 Å². The minimum absolute atomic E-state index is 0.364. The number of pyridine rings is 1. The Labute approximate surface area is 106 Å². The Hall–Kier alpha value is -1.68. The number of piperidine rings is 1. The Balaban J connectivity index is 2.07. The van der Waals surface area contributed by atoms with Gasteiger partial charge in [0.1, 0.15) is 5.82 Å². The van der Waals surface area contributed by atoms with Gasteiger partial charge in [-0.3, -0.25) is 9.69 Å². The number of nitrogens with zero attached hydrogens (tertiary/aromatic N) is 3. The van der Waals surface area contributed by atoms with Gasteiger partial charge in [-0.25, -0.2) is 4.98 Å². The van der Waals surface area contributed by atoms with Crippen LogP contribution in [0.5, 0.6) is 0 Å². The third-order valence-electron chi connectivity index (χ3n) is 3.78. The lowest BCUT2D eigenvalue weighted by Crippen LogP contribution is -2.30. The number of aldehydes is 1. The quantitative estimate of drug-likeness (QED) is 0.760. The molecule has 0 aliphatic carbocycles. The van der Waals surface area contributed by atoms with Crippen molar-refractivity contribution in [3.8, 4) is 0 Å². The maximum atomic E-state index is 10.9. The molecule has 2 aromatic heterocycles. The summed E-state index contributed by atoms with van der Waals surface area (Å²) < 4.78 is 2.05. The van der Waals surface area contributed by atoms with Crippen LogP contribution in [0.25, 0.3) is 5.52 Å². The zero-order chi connectivity index (χ0) is 12.5. The van der Waals surface area contributed by atoms with E-state index in [1.54, 1.807) is 0 Å². The van der Waals surface area contributed by atoms with E-state index < -0.39 is 0 Å². The van der Waals surface area contributed by atoms with Crippen molar-refractivity contribution in [3.63, 3.8) is 0 Å². The number of carbonyl (C=O) groups is 1. The molecule has 1 unspecified atom stereocenters. The van der Waals surface area contributed by atoms with Crippen LogP contribution in [-0.2, 0) is 0 Å². The molecule has 0 saturated carbocycles. The Morgan fingerprint density at radius 3 is 3.06 bits per heavy atom. The highest BCUT2D eigenvalue weighted by Gasteiger charge is 2.24. The minimum Gasteiger partial charge on any atom is -0.302 e. The fraction of sp³-hybridized carbons (Fsp3) is 0.429.